The first-order chi connectivity index (χ1) is 11.2. The Morgan fingerprint density at radius 1 is 1.09 bits per heavy atom. The molecule has 2 amide bonds. The second kappa shape index (κ2) is 5.95. The van der Waals surface area contributed by atoms with E-state index in [1.807, 2.05) is 6.07 Å². The van der Waals surface area contributed by atoms with Crippen molar-refractivity contribution >= 4 is 6.03 Å². The maximum atomic E-state index is 11.2. The Hall–Kier alpha value is -1.91. The molecule has 2 N–H and O–H groups in total. The molecule has 4 rings (SSSR count). The Morgan fingerprint density at radius 2 is 1.91 bits per heavy atom. The third kappa shape index (κ3) is 2.84. The van der Waals surface area contributed by atoms with Gasteiger partial charge in [-0.3, -0.25) is 0 Å². The zero-order valence-corrected chi connectivity index (χ0v) is 13.5. The molecule has 2 aliphatic carbocycles. The van der Waals surface area contributed by atoms with E-state index in [0.29, 0.717) is 25.1 Å². The monoisotopic (exact) mass is 316 g/mol. The van der Waals surface area contributed by atoms with Crippen LogP contribution in [0.5, 0.6) is 11.5 Å². The highest BCUT2D eigenvalue weighted by Crippen LogP contribution is 2.47. The van der Waals surface area contributed by atoms with Crippen molar-refractivity contribution in [3.8, 4) is 11.5 Å². The van der Waals surface area contributed by atoms with Crippen LogP contribution in [0.15, 0.2) is 18.2 Å². The number of rotatable bonds is 4. The van der Waals surface area contributed by atoms with Crippen LogP contribution in [0.4, 0.5) is 4.79 Å². The topological polar surface area (TPSA) is 59.6 Å². The zero-order chi connectivity index (χ0) is 15.8. The van der Waals surface area contributed by atoms with E-state index >= 15 is 0 Å². The van der Waals surface area contributed by atoms with E-state index in [1.165, 1.54) is 31.2 Å². The van der Waals surface area contributed by atoms with Gasteiger partial charge in [0.15, 0.2) is 11.5 Å². The van der Waals surface area contributed by atoms with Gasteiger partial charge in [0.25, 0.3) is 0 Å². The molecule has 2 bridgehead atoms. The molecule has 3 atom stereocenters. The first kappa shape index (κ1) is 14.7. The highest BCUT2D eigenvalue weighted by Gasteiger charge is 2.41. The quantitative estimate of drug-likeness (QED) is 0.898. The number of hydrogen-bond donors (Lipinski definition) is 2. The first-order valence-corrected chi connectivity index (χ1v) is 8.59. The van der Waals surface area contributed by atoms with Gasteiger partial charge in [0.2, 0.25) is 0 Å². The lowest BCUT2D eigenvalue weighted by Gasteiger charge is -2.27. The fraction of sp³-hybridized carbons (Fsp3) is 0.611. The largest absolute Gasteiger partial charge is 0.493 e. The van der Waals surface area contributed by atoms with Gasteiger partial charge in [-0.25, -0.2) is 4.79 Å². The van der Waals surface area contributed by atoms with Crippen molar-refractivity contribution in [3.63, 3.8) is 0 Å². The van der Waals surface area contributed by atoms with Crippen molar-refractivity contribution in [2.75, 3.05) is 20.2 Å². The molecule has 3 aliphatic rings. The number of hydrogen-bond acceptors (Lipinski definition) is 3. The number of urea groups is 1. The number of nitrogens with one attached hydrogen (secondary N) is 2. The van der Waals surface area contributed by atoms with Crippen LogP contribution in [0.2, 0.25) is 0 Å². The number of benzene rings is 1. The molecule has 1 heterocycles. The van der Waals surface area contributed by atoms with E-state index in [-0.39, 0.29) is 11.9 Å². The Kier molecular flexibility index (Phi) is 3.79. The zero-order valence-electron chi connectivity index (χ0n) is 13.5. The minimum Gasteiger partial charge on any atom is -0.493 e. The van der Waals surface area contributed by atoms with Crippen molar-refractivity contribution in [2.45, 2.75) is 37.7 Å². The van der Waals surface area contributed by atoms with Gasteiger partial charge >= 0.3 is 6.03 Å². The molecule has 1 saturated heterocycles. The maximum Gasteiger partial charge on any atom is 0.314 e. The number of carbonyl (C=O) groups is 1. The fourth-order valence-electron chi connectivity index (χ4n) is 4.34. The van der Waals surface area contributed by atoms with Gasteiger partial charge in [-0.2, -0.15) is 0 Å². The van der Waals surface area contributed by atoms with Crippen LogP contribution in [0.3, 0.4) is 0 Å². The van der Waals surface area contributed by atoms with Gasteiger partial charge in [0, 0.05) is 19.0 Å². The summed E-state index contributed by atoms with van der Waals surface area (Å²) in [6.07, 6.45) is 5.51. The van der Waals surface area contributed by atoms with E-state index < -0.39 is 0 Å². The molecule has 0 unspecified atom stereocenters. The standard InChI is InChI=1S/C18H24N2O3/c1-22-15-5-4-12(14-9-19-18(21)20-10-14)8-17(15)23-16-7-11-2-3-13(16)6-11/h4-5,8,11,13-14,16H,2-3,6-7,9-10H2,1H3,(H2,19,20,21)/t11-,13+,16-/m0/s1. The summed E-state index contributed by atoms with van der Waals surface area (Å²) in [7, 11) is 1.69. The predicted molar refractivity (Wildman–Crippen MR) is 87.0 cm³/mol. The van der Waals surface area contributed by atoms with Gasteiger partial charge < -0.3 is 20.1 Å². The second-order valence-electron chi connectivity index (χ2n) is 7.03. The summed E-state index contributed by atoms with van der Waals surface area (Å²) in [6.45, 7) is 1.32. The number of ether oxygens (including phenoxy) is 2. The molecule has 1 aliphatic heterocycles. The molecule has 0 aromatic heterocycles. The molecule has 5 nitrogen and oxygen atoms in total. The van der Waals surface area contributed by atoms with E-state index in [9.17, 15) is 4.79 Å². The lowest BCUT2D eigenvalue weighted by molar-refractivity contribution is 0.133. The van der Waals surface area contributed by atoms with Crippen molar-refractivity contribution in [2.24, 2.45) is 11.8 Å². The third-order valence-corrected chi connectivity index (χ3v) is 5.63. The van der Waals surface area contributed by atoms with Crippen molar-refractivity contribution in [1.29, 1.82) is 0 Å². The summed E-state index contributed by atoms with van der Waals surface area (Å²) in [4.78, 5) is 11.2. The second-order valence-corrected chi connectivity index (χ2v) is 7.03. The van der Waals surface area contributed by atoms with E-state index in [2.05, 4.69) is 22.8 Å². The molecule has 0 radical (unpaired) electrons. The summed E-state index contributed by atoms with van der Waals surface area (Å²) in [5.41, 5.74) is 1.18. The summed E-state index contributed by atoms with van der Waals surface area (Å²) in [6, 6.07) is 6.05. The summed E-state index contributed by atoms with van der Waals surface area (Å²) < 4.78 is 11.8. The van der Waals surface area contributed by atoms with Gasteiger partial charge in [-0.05, 0) is 55.2 Å². The molecule has 2 saturated carbocycles. The molecule has 3 fully saturated rings. The molecule has 0 spiro atoms. The number of carbonyl (C=O) groups excluding carboxylic acids is 1. The highest BCUT2D eigenvalue weighted by molar-refractivity contribution is 5.75. The van der Waals surface area contributed by atoms with Crippen LogP contribution < -0.4 is 20.1 Å². The Labute approximate surface area is 136 Å². The fourth-order valence-corrected chi connectivity index (χ4v) is 4.34. The van der Waals surface area contributed by atoms with Gasteiger partial charge in [0.1, 0.15) is 6.10 Å². The number of amides is 2. The number of methoxy groups -OCH3 is 1. The van der Waals surface area contributed by atoms with Gasteiger partial charge in [-0.15, -0.1) is 0 Å². The van der Waals surface area contributed by atoms with Gasteiger partial charge in [0.05, 0.1) is 7.11 Å². The highest BCUT2D eigenvalue weighted by atomic mass is 16.5. The van der Waals surface area contributed by atoms with Crippen LogP contribution in [-0.4, -0.2) is 32.3 Å². The molecule has 1 aromatic rings. The first-order valence-electron chi connectivity index (χ1n) is 8.59. The molecule has 1 aromatic carbocycles. The lowest BCUT2D eigenvalue weighted by atomic mass is 9.96. The summed E-state index contributed by atoms with van der Waals surface area (Å²) in [5.74, 6) is 3.48. The lowest BCUT2D eigenvalue weighted by Crippen LogP contribution is -2.47. The molecular weight excluding hydrogens is 292 g/mol. The Bertz CT molecular complexity index is 594. The SMILES string of the molecule is COc1ccc(C2CNC(=O)NC2)cc1O[C@H]1C[C@H]2CC[C@@H]1C2. The van der Waals surface area contributed by atoms with Crippen molar-refractivity contribution < 1.29 is 14.3 Å². The Balaban J connectivity index is 1.52. The minimum atomic E-state index is -0.0896. The normalized spacial score (nSPS) is 30.0. The smallest absolute Gasteiger partial charge is 0.314 e. The maximum absolute atomic E-state index is 11.2. The Morgan fingerprint density at radius 3 is 2.57 bits per heavy atom. The minimum absolute atomic E-state index is 0.0896. The van der Waals surface area contributed by atoms with Crippen molar-refractivity contribution in [1.82, 2.24) is 10.6 Å². The number of fused-ring (bicyclic) bond motifs is 2. The average Bonchev–Trinajstić information content (AvgIpc) is 3.18. The van der Waals surface area contributed by atoms with Crippen LogP contribution in [0.1, 0.15) is 37.2 Å². The van der Waals surface area contributed by atoms with Crippen LogP contribution >= 0.6 is 0 Å². The molecular formula is C18H24N2O3. The molecule has 124 valence electrons. The van der Waals surface area contributed by atoms with Crippen LogP contribution in [0, 0.1) is 11.8 Å². The van der Waals surface area contributed by atoms with E-state index in [1.54, 1.807) is 7.11 Å². The third-order valence-electron chi connectivity index (χ3n) is 5.63. The van der Waals surface area contributed by atoms with Crippen LogP contribution in [0.25, 0.3) is 0 Å². The average molecular weight is 316 g/mol. The van der Waals surface area contributed by atoms with Crippen molar-refractivity contribution in [3.05, 3.63) is 23.8 Å². The summed E-state index contributed by atoms with van der Waals surface area (Å²) in [5, 5.41) is 5.70. The predicted octanol–water partition coefficient (Wildman–Crippen LogP) is 2.66. The van der Waals surface area contributed by atoms with E-state index in [4.69, 9.17) is 9.47 Å². The van der Waals surface area contributed by atoms with Crippen LogP contribution in [-0.2, 0) is 0 Å². The van der Waals surface area contributed by atoms with E-state index in [0.717, 1.165) is 17.4 Å². The molecule has 23 heavy (non-hydrogen) atoms. The summed E-state index contributed by atoms with van der Waals surface area (Å²) >= 11 is 0. The van der Waals surface area contributed by atoms with Gasteiger partial charge in [-0.1, -0.05) is 6.07 Å². The molecule has 5 heteroatoms.